The van der Waals surface area contributed by atoms with E-state index in [2.05, 4.69) is 19.9 Å². The summed E-state index contributed by atoms with van der Waals surface area (Å²) < 4.78 is 2.80. The van der Waals surface area contributed by atoms with E-state index in [0.29, 0.717) is 11.1 Å². The predicted octanol–water partition coefficient (Wildman–Crippen LogP) is 1.85. The van der Waals surface area contributed by atoms with Gasteiger partial charge in [-0.25, -0.2) is 4.98 Å². The Morgan fingerprint density at radius 3 is 2.94 bits per heavy atom. The molecule has 3 aromatic heterocycles. The monoisotopic (exact) mass is 276 g/mol. The third-order valence-corrected chi connectivity index (χ3v) is 3.95. The lowest BCUT2D eigenvalue weighted by molar-refractivity contribution is 0.833. The smallest absolute Gasteiger partial charge is 0.240 e. The average molecular weight is 276 g/mol. The molecule has 2 N–H and O–H groups in total. The van der Waals surface area contributed by atoms with E-state index in [4.69, 9.17) is 5.73 Å². The van der Waals surface area contributed by atoms with Crippen molar-refractivity contribution < 1.29 is 0 Å². The topological polar surface area (TPSA) is 82.5 Å². The van der Waals surface area contributed by atoms with Crippen molar-refractivity contribution in [2.75, 3.05) is 5.73 Å². The Balaban J connectivity index is 1.96. The van der Waals surface area contributed by atoms with Crippen LogP contribution in [0.25, 0.3) is 5.95 Å². The second kappa shape index (κ2) is 4.75. The van der Waals surface area contributed by atoms with Gasteiger partial charge in [-0.2, -0.15) is 15.0 Å². The highest BCUT2D eigenvalue weighted by Gasteiger charge is 2.08. The summed E-state index contributed by atoms with van der Waals surface area (Å²) in [7, 11) is 0. The fourth-order valence-electron chi connectivity index (χ4n) is 1.31. The molecule has 0 amide bonds. The molecule has 3 aromatic rings. The van der Waals surface area contributed by atoms with Crippen molar-refractivity contribution in [3.63, 3.8) is 0 Å². The summed E-state index contributed by atoms with van der Waals surface area (Å²) in [5.74, 6) is 0.673. The number of nitrogen functional groups attached to an aromatic ring is 1. The maximum atomic E-state index is 5.69. The highest BCUT2D eigenvalue weighted by Crippen LogP contribution is 2.29. The molecule has 0 radical (unpaired) electrons. The molecule has 0 saturated carbocycles. The van der Waals surface area contributed by atoms with Crippen LogP contribution in [0.15, 0.2) is 45.6 Å². The van der Waals surface area contributed by atoms with E-state index in [1.54, 1.807) is 34.6 Å². The molecular formula is C10H8N6S2. The minimum Gasteiger partial charge on any atom is -0.368 e. The van der Waals surface area contributed by atoms with Crippen LogP contribution < -0.4 is 5.73 Å². The number of aromatic nitrogens is 5. The van der Waals surface area contributed by atoms with Gasteiger partial charge in [-0.05, 0) is 23.2 Å². The van der Waals surface area contributed by atoms with Crippen molar-refractivity contribution in [3.05, 3.63) is 36.2 Å². The zero-order chi connectivity index (χ0) is 12.4. The quantitative estimate of drug-likeness (QED) is 0.786. The standard InChI is InChI=1S/C10H8N6S2/c11-8-13-9(16-4-3-12-6-16)15-10(14-8)18-7-2-1-5-17-7/h1-6H,(H2,11,13,14,15). The lowest BCUT2D eigenvalue weighted by atomic mass is 10.7. The second-order valence-electron chi connectivity index (χ2n) is 3.28. The SMILES string of the molecule is Nc1nc(Sc2cccs2)nc(-n2ccnc2)n1. The normalized spacial score (nSPS) is 10.7. The van der Waals surface area contributed by atoms with Gasteiger partial charge in [0, 0.05) is 12.4 Å². The largest absolute Gasteiger partial charge is 0.368 e. The number of nitrogens with zero attached hydrogens (tertiary/aromatic N) is 5. The number of nitrogens with two attached hydrogens (primary N) is 1. The van der Waals surface area contributed by atoms with E-state index < -0.39 is 0 Å². The zero-order valence-electron chi connectivity index (χ0n) is 9.09. The Labute approximate surface area is 111 Å². The number of hydrogen-bond acceptors (Lipinski definition) is 7. The zero-order valence-corrected chi connectivity index (χ0v) is 10.7. The van der Waals surface area contributed by atoms with E-state index in [9.17, 15) is 0 Å². The van der Waals surface area contributed by atoms with Crippen LogP contribution in [0.4, 0.5) is 5.95 Å². The molecule has 0 aromatic carbocycles. The third kappa shape index (κ3) is 2.34. The first-order valence-electron chi connectivity index (χ1n) is 5.02. The van der Waals surface area contributed by atoms with Crippen molar-refractivity contribution in [1.29, 1.82) is 0 Å². The van der Waals surface area contributed by atoms with E-state index in [-0.39, 0.29) is 5.95 Å². The summed E-state index contributed by atoms with van der Waals surface area (Å²) >= 11 is 3.09. The van der Waals surface area contributed by atoms with E-state index >= 15 is 0 Å². The van der Waals surface area contributed by atoms with Crippen molar-refractivity contribution in [3.8, 4) is 5.95 Å². The molecule has 8 heteroatoms. The first-order valence-corrected chi connectivity index (χ1v) is 6.72. The minimum absolute atomic E-state index is 0.202. The van der Waals surface area contributed by atoms with E-state index in [1.807, 2.05) is 17.5 Å². The van der Waals surface area contributed by atoms with Crippen molar-refractivity contribution >= 4 is 29.0 Å². The van der Waals surface area contributed by atoms with Crippen LogP contribution in [-0.2, 0) is 0 Å². The Morgan fingerprint density at radius 1 is 1.28 bits per heavy atom. The fraction of sp³-hybridized carbons (Fsp3) is 0. The summed E-state index contributed by atoms with van der Waals surface area (Å²) in [6, 6.07) is 3.99. The summed E-state index contributed by atoms with van der Waals surface area (Å²) in [5.41, 5.74) is 5.69. The van der Waals surface area contributed by atoms with Gasteiger partial charge < -0.3 is 5.73 Å². The molecule has 0 bridgehead atoms. The molecule has 90 valence electrons. The highest BCUT2D eigenvalue weighted by molar-refractivity contribution is 8.01. The number of anilines is 1. The first kappa shape index (κ1) is 11.2. The lowest BCUT2D eigenvalue weighted by Crippen LogP contribution is -2.05. The molecule has 0 aliphatic carbocycles. The molecular weight excluding hydrogens is 268 g/mol. The molecule has 0 spiro atoms. The maximum absolute atomic E-state index is 5.69. The van der Waals surface area contributed by atoms with Gasteiger partial charge in [0.15, 0.2) is 5.16 Å². The molecule has 0 unspecified atom stereocenters. The van der Waals surface area contributed by atoms with E-state index in [1.165, 1.54) is 11.8 Å². The summed E-state index contributed by atoms with van der Waals surface area (Å²) in [4.78, 5) is 16.5. The van der Waals surface area contributed by atoms with Crippen molar-refractivity contribution in [1.82, 2.24) is 24.5 Å². The lowest BCUT2D eigenvalue weighted by Gasteiger charge is -2.03. The first-order chi connectivity index (χ1) is 8.81. The Hall–Kier alpha value is -1.93. The van der Waals surface area contributed by atoms with Gasteiger partial charge in [-0.1, -0.05) is 6.07 Å². The number of imidazole rings is 1. The van der Waals surface area contributed by atoms with Crippen molar-refractivity contribution in [2.45, 2.75) is 9.37 Å². The van der Waals surface area contributed by atoms with Gasteiger partial charge in [-0.3, -0.25) is 4.57 Å². The molecule has 0 atom stereocenters. The van der Waals surface area contributed by atoms with Crippen LogP contribution in [0.5, 0.6) is 0 Å². The minimum atomic E-state index is 0.202. The van der Waals surface area contributed by atoms with Gasteiger partial charge in [0.25, 0.3) is 0 Å². The molecule has 6 nitrogen and oxygen atoms in total. The Bertz CT molecular complexity index is 634. The maximum Gasteiger partial charge on any atom is 0.240 e. The van der Waals surface area contributed by atoms with Gasteiger partial charge in [0.2, 0.25) is 11.9 Å². The molecule has 0 fully saturated rings. The Kier molecular flexibility index (Phi) is 2.95. The predicted molar refractivity (Wildman–Crippen MR) is 69.8 cm³/mol. The summed E-state index contributed by atoms with van der Waals surface area (Å²) in [6.07, 6.45) is 5.04. The highest BCUT2D eigenvalue weighted by atomic mass is 32.2. The molecule has 0 saturated heterocycles. The van der Waals surface area contributed by atoms with Crippen LogP contribution in [0.1, 0.15) is 0 Å². The van der Waals surface area contributed by atoms with Gasteiger partial charge in [0.1, 0.15) is 6.33 Å². The molecule has 0 aliphatic heterocycles. The summed E-state index contributed by atoms with van der Waals surface area (Å²) in [5, 5.41) is 2.58. The molecule has 3 rings (SSSR count). The summed E-state index contributed by atoms with van der Waals surface area (Å²) in [6.45, 7) is 0. The van der Waals surface area contributed by atoms with Crippen molar-refractivity contribution in [2.24, 2.45) is 0 Å². The number of hydrogen-bond donors (Lipinski definition) is 1. The number of thiophene rings is 1. The van der Waals surface area contributed by atoms with Gasteiger partial charge in [-0.15, -0.1) is 11.3 Å². The molecule has 0 aliphatic rings. The molecule has 3 heterocycles. The van der Waals surface area contributed by atoms with Gasteiger partial charge in [0.05, 0.1) is 4.21 Å². The van der Waals surface area contributed by atoms with Crippen LogP contribution in [0.3, 0.4) is 0 Å². The van der Waals surface area contributed by atoms with Crippen LogP contribution in [0.2, 0.25) is 0 Å². The van der Waals surface area contributed by atoms with Gasteiger partial charge >= 0.3 is 0 Å². The number of rotatable bonds is 3. The Morgan fingerprint density at radius 2 is 2.22 bits per heavy atom. The third-order valence-electron chi connectivity index (χ3n) is 2.04. The van der Waals surface area contributed by atoms with Crippen LogP contribution in [0, 0.1) is 0 Å². The average Bonchev–Trinajstić information content (AvgIpc) is 3.00. The van der Waals surface area contributed by atoms with E-state index in [0.717, 1.165) is 4.21 Å². The van der Waals surface area contributed by atoms with Crippen LogP contribution >= 0.6 is 23.1 Å². The fourth-order valence-corrected chi connectivity index (χ4v) is 2.94. The second-order valence-corrected chi connectivity index (χ2v) is 5.50. The molecule has 18 heavy (non-hydrogen) atoms. The van der Waals surface area contributed by atoms with Crippen LogP contribution in [-0.4, -0.2) is 24.5 Å².